The molecule has 2 aromatic heterocycles. The average molecular weight is 2080 g/mol. The molecular formula is C128H198Br2N4O4S2. The number of carbonyl (C=O) groups excluding carboxylic acids is 4. The Hall–Kier alpha value is -5.40. The van der Waals surface area contributed by atoms with Gasteiger partial charge in [0.1, 0.15) is 0 Å². The lowest BCUT2D eigenvalue weighted by Crippen LogP contribution is -2.34. The molecule has 12 heteroatoms. The van der Waals surface area contributed by atoms with Gasteiger partial charge in [0.25, 0.3) is 23.6 Å². The topological polar surface area (TPSA) is 81.2 Å². The van der Waals surface area contributed by atoms with E-state index < -0.39 is 0 Å². The molecule has 0 fully saturated rings. The van der Waals surface area contributed by atoms with Gasteiger partial charge in [-0.15, -0.1) is 22.7 Å². The minimum Gasteiger partial charge on any atom is -0.307 e. The van der Waals surface area contributed by atoms with E-state index in [-0.39, 0.29) is 23.6 Å². The molecule has 0 saturated carbocycles. The summed E-state index contributed by atoms with van der Waals surface area (Å²) in [4.78, 5) is 72.7. The first-order valence-corrected chi connectivity index (χ1v) is 62.8. The van der Waals surface area contributed by atoms with Gasteiger partial charge >= 0.3 is 0 Å². The zero-order chi connectivity index (χ0) is 99.5. The van der Waals surface area contributed by atoms with Gasteiger partial charge in [0.15, 0.2) is 0 Å². The molecule has 4 aromatic carbocycles. The number of carbonyl (C=O) groups is 4. The summed E-state index contributed by atoms with van der Waals surface area (Å²) in [5, 5.41) is 4.77. The second-order valence-electron chi connectivity index (χ2n) is 43.5. The highest BCUT2D eigenvalue weighted by Crippen LogP contribution is 2.53. The Morgan fingerprint density at radius 1 is 0.221 bits per heavy atom. The molecule has 0 spiro atoms. The highest BCUT2D eigenvalue weighted by Gasteiger charge is 2.46. The minimum atomic E-state index is -0.00753. The maximum absolute atomic E-state index is 16.0. The van der Waals surface area contributed by atoms with E-state index in [9.17, 15) is 9.59 Å². The molecule has 4 amide bonds. The standard InChI is InChI=1S/C80H126N2O2S2.C48H72Br2N2O2/c1-7-13-19-25-29-31-33-35-39-45-51-67-57-75(85-63-67)69-53-55-71-73(59-69)81(61-65(47-41-23-17-11-5)49-43-37-27-21-15-9-3)79(83)77(71)78-72-56-54-70(76-58-68(64-86-76)52-46-40-36-34-32-30-26-20-14-8-2)60-74(72)82(80(78)84)62-66(48-42-24-18-12-6)50-44-38-28-22-16-10-4;1-5-9-13-17-19-23-27-37(25-21-15-11-7-3)35-51-43-33-39(49)29-31-41(43)45(47(51)53)46-42-32-30-40(50)34-44(42)52(48(46)54)36-38(26-22-16-12-8-4)28-24-20-18-14-10-6-2/h53-60,63-66H,7-52,61-62H2,1-6H3;29-34,37-38H,5-28,35-36H2,1-4H3/b78-77+;46-45+. The number of unbranched alkanes of at least 4 members (excludes halogenated alkanes) is 50. The van der Waals surface area contributed by atoms with Crippen LogP contribution in [0, 0.1) is 23.7 Å². The molecular weight excluding hydrogens is 1880 g/mol. The smallest absolute Gasteiger partial charge is 0.259 e. The number of anilines is 4. The molecule has 6 aromatic rings. The van der Waals surface area contributed by atoms with Crippen molar-refractivity contribution in [3.63, 3.8) is 0 Å². The third kappa shape index (κ3) is 39.7. The number of benzene rings is 4. The van der Waals surface area contributed by atoms with Gasteiger partial charge < -0.3 is 19.6 Å². The van der Waals surface area contributed by atoms with Gasteiger partial charge in [-0.3, -0.25) is 19.2 Å². The summed E-state index contributed by atoms with van der Waals surface area (Å²) < 4.78 is 1.93. The number of thiophene rings is 2. The van der Waals surface area contributed by atoms with Gasteiger partial charge in [-0.05, 0) is 182 Å². The maximum Gasteiger partial charge on any atom is 0.259 e. The zero-order valence-electron chi connectivity index (χ0n) is 90.9. The van der Waals surface area contributed by atoms with Crippen LogP contribution in [-0.2, 0) is 32.0 Å². The molecule has 4 aliphatic heterocycles. The van der Waals surface area contributed by atoms with Crippen LogP contribution < -0.4 is 19.6 Å². The molecule has 4 unspecified atom stereocenters. The fourth-order valence-electron chi connectivity index (χ4n) is 22.8. The quantitative estimate of drug-likeness (QED) is 0.0281. The highest BCUT2D eigenvalue weighted by atomic mass is 79.9. The van der Waals surface area contributed by atoms with Crippen molar-refractivity contribution in [3.8, 4) is 20.9 Å². The summed E-state index contributed by atoms with van der Waals surface area (Å²) in [5.74, 6) is 1.77. The fourth-order valence-corrected chi connectivity index (χ4v) is 25.4. The van der Waals surface area contributed by atoms with Crippen molar-refractivity contribution in [2.24, 2.45) is 23.7 Å². The molecule has 0 radical (unpaired) electrons. The summed E-state index contributed by atoms with van der Waals surface area (Å²) in [6, 6.07) is 30.9. The molecule has 780 valence electrons. The van der Waals surface area contributed by atoms with Gasteiger partial charge in [-0.25, -0.2) is 0 Å². The molecule has 8 nitrogen and oxygen atoms in total. The molecule has 0 bridgehead atoms. The lowest BCUT2D eigenvalue weighted by Gasteiger charge is -2.25. The van der Waals surface area contributed by atoms with Crippen LogP contribution in [0.1, 0.15) is 539 Å². The number of aryl methyl sites for hydroxylation is 2. The van der Waals surface area contributed by atoms with E-state index in [1.165, 1.54) is 417 Å². The van der Waals surface area contributed by atoms with Crippen molar-refractivity contribution >= 4 is 123 Å². The van der Waals surface area contributed by atoms with Crippen molar-refractivity contribution in [2.75, 3.05) is 45.8 Å². The Balaban J connectivity index is 0.000000348. The van der Waals surface area contributed by atoms with Crippen LogP contribution in [0.4, 0.5) is 22.7 Å². The Morgan fingerprint density at radius 3 is 0.629 bits per heavy atom. The summed E-state index contributed by atoms with van der Waals surface area (Å²) in [6.07, 6.45) is 89.1. The monoisotopic (exact) mass is 2080 g/mol. The van der Waals surface area contributed by atoms with Crippen LogP contribution in [0.2, 0.25) is 0 Å². The summed E-state index contributed by atoms with van der Waals surface area (Å²) in [5.41, 5.74) is 15.3. The normalized spacial score (nSPS) is 15.4. The van der Waals surface area contributed by atoms with Crippen molar-refractivity contribution in [1.82, 2.24) is 0 Å². The lowest BCUT2D eigenvalue weighted by atomic mass is 9.93. The van der Waals surface area contributed by atoms with Crippen molar-refractivity contribution in [3.05, 3.63) is 138 Å². The number of halogens is 2. The number of fused-ring (bicyclic) bond motifs is 4. The van der Waals surface area contributed by atoms with E-state index >= 15 is 9.59 Å². The second-order valence-corrected chi connectivity index (χ2v) is 47.2. The van der Waals surface area contributed by atoms with E-state index in [4.69, 9.17) is 0 Å². The molecule has 4 aliphatic rings. The van der Waals surface area contributed by atoms with Crippen LogP contribution in [0.15, 0.2) is 105 Å². The van der Waals surface area contributed by atoms with Crippen LogP contribution in [0.5, 0.6) is 0 Å². The number of rotatable bonds is 80. The number of hydrogen-bond donors (Lipinski definition) is 0. The summed E-state index contributed by atoms with van der Waals surface area (Å²) in [6.45, 7) is 25.8. The van der Waals surface area contributed by atoms with Crippen molar-refractivity contribution in [2.45, 2.75) is 519 Å². The lowest BCUT2D eigenvalue weighted by molar-refractivity contribution is -0.114. The molecule has 0 saturated heterocycles. The minimum absolute atomic E-state index is 0.00753. The van der Waals surface area contributed by atoms with Gasteiger partial charge in [0, 0.05) is 67.1 Å². The molecule has 0 N–H and O–H groups in total. The first kappa shape index (κ1) is 118. The number of nitrogens with zero attached hydrogens (tertiary/aromatic N) is 4. The zero-order valence-corrected chi connectivity index (χ0v) is 95.7. The van der Waals surface area contributed by atoms with E-state index in [0.29, 0.717) is 72.1 Å². The predicted molar refractivity (Wildman–Crippen MR) is 623 cm³/mol. The Kier molecular flexibility index (Phi) is 59.5. The van der Waals surface area contributed by atoms with E-state index in [0.717, 1.165) is 118 Å². The van der Waals surface area contributed by atoms with E-state index in [1.54, 1.807) is 0 Å². The van der Waals surface area contributed by atoms with E-state index in [1.807, 2.05) is 44.6 Å². The van der Waals surface area contributed by atoms with Gasteiger partial charge in [0.05, 0.1) is 45.0 Å². The Morgan fingerprint density at radius 2 is 0.407 bits per heavy atom. The second kappa shape index (κ2) is 70.5. The van der Waals surface area contributed by atoms with Crippen molar-refractivity contribution in [1.29, 1.82) is 0 Å². The summed E-state index contributed by atoms with van der Waals surface area (Å²) >= 11 is 11.2. The SMILES string of the molecule is CCCCCCCCC(CCCCCC)CN1C(=O)/C(=C2/C(=O)N(CC(CCCCCC)CCCCCCCC)c3cc(Br)ccc32)c2ccc(Br)cc21.CCCCCCCCCCCCc1csc(-c2ccc3c(c2)N(CC(CCCCCC)CCCCCCCC)C(=O)/C3=C2/C(=O)N(CC(CCCCCC)CCCCCCCC)c3cc(-c4cc(CCCCCCCCCCCC)cs4)ccc32)c1. The molecule has 10 rings (SSSR count). The third-order valence-electron chi connectivity index (χ3n) is 31.5. The Bertz CT molecular complexity index is 4250. The Labute approximate surface area is 882 Å². The third-order valence-corrected chi connectivity index (χ3v) is 34.5. The van der Waals surface area contributed by atoms with Crippen LogP contribution in [0.25, 0.3) is 43.2 Å². The average Bonchev–Trinajstić information content (AvgIpc) is 1.58. The number of hydrogen-bond acceptors (Lipinski definition) is 6. The molecule has 6 heterocycles. The van der Waals surface area contributed by atoms with Gasteiger partial charge in [-0.1, -0.05) is 510 Å². The van der Waals surface area contributed by atoms with E-state index in [2.05, 4.69) is 194 Å². The largest absolute Gasteiger partial charge is 0.307 e. The highest BCUT2D eigenvalue weighted by molar-refractivity contribution is 9.10. The molecule has 0 aliphatic carbocycles. The van der Waals surface area contributed by atoms with Gasteiger partial charge in [0.2, 0.25) is 0 Å². The van der Waals surface area contributed by atoms with Crippen molar-refractivity contribution < 1.29 is 19.2 Å². The fraction of sp³-hybridized carbons (Fsp3) is 0.688. The first-order chi connectivity index (χ1) is 68.7. The number of amides is 4. The molecule has 4 atom stereocenters. The summed E-state index contributed by atoms with van der Waals surface area (Å²) in [7, 11) is 0. The van der Waals surface area contributed by atoms with Gasteiger partial charge in [-0.2, -0.15) is 0 Å². The first-order valence-electron chi connectivity index (χ1n) is 59.5. The molecule has 140 heavy (non-hydrogen) atoms. The van der Waals surface area contributed by atoms with Crippen LogP contribution >= 0.6 is 54.5 Å². The van der Waals surface area contributed by atoms with Crippen LogP contribution in [-0.4, -0.2) is 49.8 Å². The predicted octanol–water partition coefficient (Wildman–Crippen LogP) is 41.8. The maximum atomic E-state index is 16.0. The van der Waals surface area contributed by atoms with Crippen LogP contribution in [0.3, 0.4) is 0 Å².